The van der Waals surface area contributed by atoms with Crippen molar-refractivity contribution in [3.05, 3.63) is 45.5 Å². The molecule has 0 amide bonds. The van der Waals surface area contributed by atoms with Crippen LogP contribution in [0.2, 0.25) is 5.02 Å². The number of hydrogen-bond donors (Lipinski definition) is 1. The number of benzene rings is 1. The normalized spacial score (nSPS) is 11.4. The molecule has 1 aromatic rings. The van der Waals surface area contributed by atoms with Crippen LogP contribution in [-0.2, 0) is 4.79 Å². The molecule has 0 radical (unpaired) electrons. The number of ketones is 1. The Bertz CT molecular complexity index is 576. The van der Waals surface area contributed by atoms with E-state index in [-0.39, 0.29) is 16.2 Å². The predicted molar refractivity (Wildman–Crippen MR) is 70.9 cm³/mol. The van der Waals surface area contributed by atoms with Crippen LogP contribution < -0.4 is 5.73 Å². The van der Waals surface area contributed by atoms with Gasteiger partial charge in [-0.3, -0.25) is 9.59 Å². The number of nitrogens with zero attached hydrogens (tertiary/aromatic N) is 1. The number of hydrogen-bond acceptors (Lipinski definition) is 5. The summed E-state index contributed by atoms with van der Waals surface area (Å²) in [5.74, 6) is -0.477. The molecule has 0 heterocycles. The summed E-state index contributed by atoms with van der Waals surface area (Å²) in [6.07, 6.45) is 0. The molecule has 0 aliphatic rings. The predicted octanol–water partition coefficient (Wildman–Crippen LogP) is 2.50. The van der Waals surface area contributed by atoms with E-state index >= 15 is 0 Å². The SMILES string of the molecule is CC(=O)/C(C#N)=C(\N)SC(=O)c1ccccc1Cl. The van der Waals surface area contributed by atoms with E-state index in [0.717, 1.165) is 0 Å². The first-order chi connectivity index (χ1) is 8.47. The molecule has 0 saturated heterocycles. The minimum Gasteiger partial charge on any atom is -0.392 e. The third-order valence-corrected chi connectivity index (χ3v) is 3.17. The molecule has 1 rings (SSSR count). The first-order valence-corrected chi connectivity index (χ1v) is 6.04. The molecule has 0 bridgehead atoms. The van der Waals surface area contributed by atoms with E-state index in [9.17, 15) is 9.59 Å². The Hall–Kier alpha value is -1.77. The van der Waals surface area contributed by atoms with Gasteiger partial charge in [-0.05, 0) is 30.8 Å². The van der Waals surface area contributed by atoms with Crippen LogP contribution in [0.25, 0.3) is 0 Å². The van der Waals surface area contributed by atoms with Crippen LogP contribution in [0.1, 0.15) is 17.3 Å². The van der Waals surface area contributed by atoms with Gasteiger partial charge in [-0.25, -0.2) is 0 Å². The Morgan fingerprint density at radius 3 is 2.50 bits per heavy atom. The average Bonchev–Trinajstić information content (AvgIpc) is 2.29. The molecule has 0 aromatic heterocycles. The number of carbonyl (C=O) groups excluding carboxylic acids is 2. The highest BCUT2D eigenvalue weighted by Crippen LogP contribution is 2.25. The Balaban J connectivity index is 3.00. The van der Waals surface area contributed by atoms with Gasteiger partial charge in [0.15, 0.2) is 5.78 Å². The Morgan fingerprint density at radius 2 is 2.00 bits per heavy atom. The van der Waals surface area contributed by atoms with Crippen molar-refractivity contribution in [1.29, 1.82) is 5.26 Å². The molecule has 0 saturated carbocycles. The van der Waals surface area contributed by atoms with Crippen molar-refractivity contribution >= 4 is 34.3 Å². The summed E-state index contributed by atoms with van der Waals surface area (Å²) >= 11 is 6.47. The number of allylic oxidation sites excluding steroid dienone is 1. The number of thioether (sulfide) groups is 1. The summed E-state index contributed by atoms with van der Waals surface area (Å²) in [5, 5.41) is 8.52. The fraction of sp³-hybridized carbons (Fsp3) is 0.0833. The average molecular weight is 281 g/mol. The molecule has 0 fully saturated rings. The zero-order valence-electron chi connectivity index (χ0n) is 9.44. The van der Waals surface area contributed by atoms with Gasteiger partial charge in [0.1, 0.15) is 11.6 Å². The topological polar surface area (TPSA) is 83.9 Å². The molecule has 0 unspecified atom stereocenters. The lowest BCUT2D eigenvalue weighted by Crippen LogP contribution is -2.07. The summed E-state index contributed by atoms with van der Waals surface area (Å²) in [7, 11) is 0. The van der Waals surface area contributed by atoms with Crippen LogP contribution in [0.5, 0.6) is 0 Å². The minimum absolute atomic E-state index is 0.116. The van der Waals surface area contributed by atoms with E-state index in [1.165, 1.54) is 6.92 Å². The molecule has 0 aliphatic heterocycles. The summed E-state index contributed by atoms with van der Waals surface area (Å²) < 4.78 is 0. The maximum Gasteiger partial charge on any atom is 0.227 e. The van der Waals surface area contributed by atoms with E-state index in [1.807, 2.05) is 0 Å². The molecule has 92 valence electrons. The Kier molecular flexibility index (Phi) is 4.95. The first kappa shape index (κ1) is 14.3. The largest absolute Gasteiger partial charge is 0.392 e. The number of nitriles is 1. The van der Waals surface area contributed by atoms with E-state index in [1.54, 1.807) is 30.3 Å². The van der Waals surface area contributed by atoms with Gasteiger partial charge < -0.3 is 5.73 Å². The molecule has 0 spiro atoms. The van der Waals surface area contributed by atoms with Crippen LogP contribution in [0.15, 0.2) is 34.9 Å². The van der Waals surface area contributed by atoms with Gasteiger partial charge >= 0.3 is 0 Å². The highest BCUT2D eigenvalue weighted by Gasteiger charge is 2.16. The van der Waals surface area contributed by atoms with Gasteiger partial charge in [0.2, 0.25) is 5.12 Å². The number of Topliss-reactive ketones (excluding diaryl/α,β-unsaturated/α-hetero) is 1. The monoisotopic (exact) mass is 280 g/mol. The lowest BCUT2D eigenvalue weighted by atomic mass is 10.2. The number of carbonyl (C=O) groups is 2. The van der Waals surface area contributed by atoms with E-state index < -0.39 is 10.9 Å². The number of nitrogens with two attached hydrogens (primary N) is 1. The lowest BCUT2D eigenvalue weighted by Gasteiger charge is -2.04. The number of rotatable bonds is 3. The Labute approximate surface area is 113 Å². The fourth-order valence-corrected chi connectivity index (χ4v) is 2.20. The maximum atomic E-state index is 11.9. The molecule has 4 nitrogen and oxygen atoms in total. The quantitative estimate of drug-likeness (QED) is 0.679. The molecule has 2 N–H and O–H groups in total. The molecular formula is C12H9ClN2O2S. The fourth-order valence-electron chi connectivity index (χ4n) is 1.14. The van der Waals surface area contributed by atoms with Crippen molar-refractivity contribution in [3.63, 3.8) is 0 Å². The van der Waals surface area contributed by atoms with Crippen LogP contribution in [0.4, 0.5) is 0 Å². The van der Waals surface area contributed by atoms with Gasteiger partial charge in [0.25, 0.3) is 0 Å². The van der Waals surface area contributed by atoms with Gasteiger partial charge in [0, 0.05) is 5.56 Å². The third-order valence-electron chi connectivity index (χ3n) is 2.01. The van der Waals surface area contributed by atoms with Crippen molar-refractivity contribution in [1.82, 2.24) is 0 Å². The van der Waals surface area contributed by atoms with Crippen molar-refractivity contribution in [3.8, 4) is 6.07 Å². The Morgan fingerprint density at radius 1 is 1.39 bits per heavy atom. The smallest absolute Gasteiger partial charge is 0.227 e. The van der Waals surface area contributed by atoms with Gasteiger partial charge in [-0.2, -0.15) is 5.26 Å². The lowest BCUT2D eigenvalue weighted by molar-refractivity contribution is -0.113. The van der Waals surface area contributed by atoms with E-state index in [2.05, 4.69) is 0 Å². The second kappa shape index (κ2) is 6.24. The van der Waals surface area contributed by atoms with Crippen LogP contribution >= 0.6 is 23.4 Å². The maximum absolute atomic E-state index is 11.9. The van der Waals surface area contributed by atoms with Crippen molar-refractivity contribution < 1.29 is 9.59 Å². The molecular weight excluding hydrogens is 272 g/mol. The summed E-state index contributed by atoms with van der Waals surface area (Å²) in [4.78, 5) is 23.0. The van der Waals surface area contributed by atoms with E-state index in [0.29, 0.717) is 16.8 Å². The summed E-state index contributed by atoms with van der Waals surface area (Å²) in [5.41, 5.74) is 5.62. The molecule has 6 heteroatoms. The van der Waals surface area contributed by atoms with Crippen molar-refractivity contribution in [2.75, 3.05) is 0 Å². The highest BCUT2D eigenvalue weighted by atomic mass is 35.5. The minimum atomic E-state index is -0.477. The second-order valence-electron chi connectivity index (χ2n) is 3.28. The van der Waals surface area contributed by atoms with Gasteiger partial charge in [-0.15, -0.1) is 0 Å². The van der Waals surface area contributed by atoms with Crippen LogP contribution in [-0.4, -0.2) is 10.9 Å². The van der Waals surface area contributed by atoms with E-state index in [4.69, 9.17) is 22.6 Å². The molecule has 0 atom stereocenters. The van der Waals surface area contributed by atoms with Crippen LogP contribution in [0, 0.1) is 11.3 Å². The number of halogens is 1. The van der Waals surface area contributed by atoms with Crippen LogP contribution in [0.3, 0.4) is 0 Å². The molecule has 18 heavy (non-hydrogen) atoms. The zero-order chi connectivity index (χ0) is 13.7. The van der Waals surface area contributed by atoms with Crippen molar-refractivity contribution in [2.24, 2.45) is 5.73 Å². The highest BCUT2D eigenvalue weighted by molar-refractivity contribution is 8.17. The molecule has 0 aliphatic carbocycles. The third kappa shape index (κ3) is 3.36. The second-order valence-corrected chi connectivity index (χ2v) is 4.70. The summed E-state index contributed by atoms with van der Waals surface area (Å²) in [6, 6.07) is 8.15. The molecule has 1 aromatic carbocycles. The van der Waals surface area contributed by atoms with Crippen molar-refractivity contribution in [2.45, 2.75) is 6.92 Å². The van der Waals surface area contributed by atoms with Gasteiger partial charge in [-0.1, -0.05) is 23.7 Å². The zero-order valence-corrected chi connectivity index (χ0v) is 11.0. The first-order valence-electron chi connectivity index (χ1n) is 4.85. The standard InChI is InChI=1S/C12H9ClN2O2S/c1-7(16)9(6-14)11(15)18-12(17)8-4-2-3-5-10(8)13/h2-5H,15H2,1H3/b11-9+. The van der Waals surface area contributed by atoms with Gasteiger partial charge in [0.05, 0.1) is 10.1 Å². The summed E-state index contributed by atoms with van der Waals surface area (Å²) in [6.45, 7) is 1.21.